The third-order valence-corrected chi connectivity index (χ3v) is 7.61. The molecular formula is C31H37FO7. The molecule has 39 heavy (non-hydrogen) atoms. The molecular weight excluding hydrogens is 503 g/mol. The maximum atomic E-state index is 14.1. The van der Waals surface area contributed by atoms with Gasteiger partial charge in [0, 0.05) is 5.56 Å². The van der Waals surface area contributed by atoms with Gasteiger partial charge in [0.25, 0.3) is 0 Å². The fourth-order valence-electron chi connectivity index (χ4n) is 4.88. The molecule has 7 nitrogen and oxygen atoms in total. The molecule has 2 heterocycles. The molecule has 1 fully saturated rings. The summed E-state index contributed by atoms with van der Waals surface area (Å²) in [6, 6.07) is 12.8. The minimum Gasteiger partial charge on any atom is -0.490 e. The van der Waals surface area contributed by atoms with E-state index in [9.17, 15) is 24.8 Å². The third kappa shape index (κ3) is 6.32. The number of allylic oxidation sites excluding steroid dienone is 3. The molecule has 210 valence electrons. The Morgan fingerprint density at radius 2 is 1.79 bits per heavy atom. The van der Waals surface area contributed by atoms with Gasteiger partial charge in [-0.05, 0) is 62.1 Å². The molecule has 1 saturated heterocycles. The minimum absolute atomic E-state index is 0.232. The highest BCUT2D eigenvalue weighted by Crippen LogP contribution is 2.38. The average molecular weight is 541 g/mol. The second kappa shape index (κ2) is 12.1. The van der Waals surface area contributed by atoms with E-state index >= 15 is 0 Å². The van der Waals surface area contributed by atoms with E-state index in [1.165, 1.54) is 6.07 Å². The zero-order chi connectivity index (χ0) is 28.3. The normalized spacial score (nSPS) is 29.3. The van der Waals surface area contributed by atoms with Gasteiger partial charge in [0.1, 0.15) is 54.3 Å². The van der Waals surface area contributed by atoms with E-state index in [4.69, 9.17) is 14.2 Å². The van der Waals surface area contributed by atoms with Crippen molar-refractivity contribution in [3.05, 3.63) is 100 Å². The molecule has 0 radical (unpaired) electrons. The molecule has 4 rings (SSSR count). The van der Waals surface area contributed by atoms with Crippen LogP contribution in [0, 0.1) is 5.82 Å². The quantitative estimate of drug-likeness (QED) is 0.361. The zero-order valence-electron chi connectivity index (χ0n) is 22.5. The molecule has 2 aliphatic heterocycles. The first kappa shape index (κ1) is 29.1. The van der Waals surface area contributed by atoms with E-state index in [2.05, 4.69) is 6.58 Å². The number of hydrogen-bond donors (Lipinski definition) is 4. The summed E-state index contributed by atoms with van der Waals surface area (Å²) >= 11 is 0. The Morgan fingerprint density at radius 3 is 2.49 bits per heavy atom. The molecule has 0 saturated carbocycles. The summed E-state index contributed by atoms with van der Waals surface area (Å²) in [7, 11) is 0. The van der Waals surface area contributed by atoms with Gasteiger partial charge >= 0.3 is 0 Å². The topological polar surface area (TPSA) is 109 Å². The predicted molar refractivity (Wildman–Crippen MR) is 145 cm³/mol. The van der Waals surface area contributed by atoms with Gasteiger partial charge in [0.15, 0.2) is 0 Å². The number of aliphatic hydroxyl groups is 4. The molecule has 4 N–H and O–H groups in total. The lowest BCUT2D eigenvalue weighted by atomic mass is 9.91. The Labute approximate surface area is 228 Å². The Bertz CT molecular complexity index is 1240. The highest BCUT2D eigenvalue weighted by molar-refractivity contribution is 5.38. The first-order chi connectivity index (χ1) is 18.5. The van der Waals surface area contributed by atoms with E-state index in [-0.39, 0.29) is 19.0 Å². The van der Waals surface area contributed by atoms with Gasteiger partial charge in [0.2, 0.25) is 0 Å². The van der Waals surface area contributed by atoms with E-state index in [0.717, 1.165) is 22.3 Å². The van der Waals surface area contributed by atoms with Crippen LogP contribution >= 0.6 is 0 Å². The van der Waals surface area contributed by atoms with Gasteiger partial charge in [-0.25, -0.2) is 4.39 Å². The maximum Gasteiger partial charge on any atom is 0.129 e. The molecule has 0 bridgehead atoms. The second-order valence-electron chi connectivity index (χ2n) is 10.5. The van der Waals surface area contributed by atoms with Crippen LogP contribution in [0.1, 0.15) is 37.5 Å². The Morgan fingerprint density at radius 1 is 1.08 bits per heavy atom. The third-order valence-electron chi connectivity index (χ3n) is 7.61. The molecule has 0 aliphatic carbocycles. The van der Waals surface area contributed by atoms with Gasteiger partial charge in [-0.1, -0.05) is 54.1 Å². The zero-order valence-corrected chi connectivity index (χ0v) is 22.5. The molecule has 6 atom stereocenters. The number of ether oxygens (including phenoxy) is 3. The Hall–Kier alpha value is -2.85. The van der Waals surface area contributed by atoms with Crippen LogP contribution in [0.15, 0.2) is 77.9 Å². The fourth-order valence-corrected chi connectivity index (χ4v) is 4.88. The van der Waals surface area contributed by atoms with Crippen LogP contribution in [0.25, 0.3) is 0 Å². The monoisotopic (exact) mass is 540 g/mol. The van der Waals surface area contributed by atoms with Crippen molar-refractivity contribution in [2.75, 3.05) is 13.2 Å². The van der Waals surface area contributed by atoms with Crippen molar-refractivity contribution in [2.24, 2.45) is 0 Å². The Kier molecular flexibility index (Phi) is 9.06. The summed E-state index contributed by atoms with van der Waals surface area (Å²) in [5, 5.41) is 39.7. The van der Waals surface area contributed by atoms with Gasteiger partial charge < -0.3 is 34.6 Å². The summed E-state index contributed by atoms with van der Waals surface area (Å²) in [6.07, 6.45) is -1.85. The summed E-state index contributed by atoms with van der Waals surface area (Å²) < 4.78 is 31.5. The maximum absolute atomic E-state index is 14.1. The van der Waals surface area contributed by atoms with Crippen LogP contribution in [0.4, 0.5) is 4.39 Å². The summed E-state index contributed by atoms with van der Waals surface area (Å²) in [5.74, 6) is 0.440. The molecule has 0 spiro atoms. The number of halogens is 1. The summed E-state index contributed by atoms with van der Waals surface area (Å²) in [6.45, 7) is 9.85. The van der Waals surface area contributed by atoms with Crippen LogP contribution < -0.4 is 4.74 Å². The molecule has 8 heteroatoms. The minimum atomic E-state index is -1.44. The standard InChI is InChI=1S/C31H37FO7/c1-18(8-9-19(2)30-29(36)28(35)27(34)26(15-33)39-30)20(3)14-21-10-12-22(13-11-21)37-17-31(4)24-6-5-7-25(32)23(24)16-38-31/h5-13,26-30,33-36H,2,14-17H2,1,3-4H3/b9-8-,20-18+/t26-,27-,28+,29-,30+,31?/m1/s1. The molecule has 0 amide bonds. The number of benzene rings is 2. The number of aliphatic hydroxyl groups excluding tert-OH is 4. The first-order valence-corrected chi connectivity index (χ1v) is 13.0. The van der Waals surface area contributed by atoms with Crippen molar-refractivity contribution in [1.29, 1.82) is 0 Å². The molecule has 0 aromatic heterocycles. The number of fused-ring (bicyclic) bond motifs is 1. The van der Waals surface area contributed by atoms with Crippen molar-refractivity contribution in [2.45, 2.75) is 69.9 Å². The molecule has 2 aromatic rings. The Balaban J connectivity index is 1.34. The highest BCUT2D eigenvalue weighted by atomic mass is 19.1. The predicted octanol–water partition coefficient (Wildman–Crippen LogP) is 3.48. The molecule has 1 unspecified atom stereocenters. The lowest BCUT2D eigenvalue weighted by Gasteiger charge is -2.40. The summed E-state index contributed by atoms with van der Waals surface area (Å²) in [4.78, 5) is 0. The van der Waals surface area contributed by atoms with Crippen LogP contribution in [0.3, 0.4) is 0 Å². The van der Waals surface area contributed by atoms with Gasteiger partial charge in [-0.3, -0.25) is 0 Å². The lowest BCUT2D eigenvalue weighted by molar-refractivity contribution is -0.218. The lowest BCUT2D eigenvalue weighted by Crippen LogP contribution is -2.58. The van der Waals surface area contributed by atoms with Crippen molar-refractivity contribution in [3.8, 4) is 5.75 Å². The van der Waals surface area contributed by atoms with E-state index in [1.54, 1.807) is 12.1 Å². The van der Waals surface area contributed by atoms with Crippen molar-refractivity contribution in [3.63, 3.8) is 0 Å². The largest absolute Gasteiger partial charge is 0.490 e. The van der Waals surface area contributed by atoms with Crippen LogP contribution in [-0.4, -0.2) is 64.2 Å². The van der Waals surface area contributed by atoms with E-state index in [1.807, 2.05) is 57.2 Å². The van der Waals surface area contributed by atoms with Crippen LogP contribution in [-0.2, 0) is 28.1 Å². The van der Waals surface area contributed by atoms with Crippen LogP contribution in [0.5, 0.6) is 5.75 Å². The molecule has 2 aromatic carbocycles. The second-order valence-corrected chi connectivity index (χ2v) is 10.5. The van der Waals surface area contributed by atoms with Crippen molar-refractivity contribution < 1.29 is 39.0 Å². The first-order valence-electron chi connectivity index (χ1n) is 13.0. The summed E-state index contributed by atoms with van der Waals surface area (Å²) in [5.41, 5.74) is 4.32. The highest BCUT2D eigenvalue weighted by Gasteiger charge is 2.44. The number of rotatable bonds is 9. The smallest absolute Gasteiger partial charge is 0.129 e. The fraction of sp³-hybridized carbons (Fsp3) is 0.419. The SMILES string of the molecule is C=C(/C=C\C(C)=C(/C)Cc1ccc(OCC2(C)OCc3c(F)cccc32)cc1)[C@@H]1O[C@H](CO)[C@@H](O)[C@H](O)[C@H]1O. The average Bonchev–Trinajstić information content (AvgIpc) is 3.27. The molecule has 2 aliphatic rings. The van der Waals surface area contributed by atoms with Gasteiger partial charge in [-0.15, -0.1) is 0 Å². The van der Waals surface area contributed by atoms with Gasteiger partial charge in [-0.2, -0.15) is 0 Å². The van der Waals surface area contributed by atoms with E-state index < -0.39 is 42.7 Å². The van der Waals surface area contributed by atoms with Crippen LogP contribution in [0.2, 0.25) is 0 Å². The van der Waals surface area contributed by atoms with Crippen molar-refractivity contribution >= 4 is 0 Å². The van der Waals surface area contributed by atoms with E-state index in [0.29, 0.717) is 23.3 Å². The van der Waals surface area contributed by atoms with Gasteiger partial charge in [0.05, 0.1) is 13.2 Å². The van der Waals surface area contributed by atoms with Crippen molar-refractivity contribution in [1.82, 2.24) is 0 Å². The number of hydrogen-bond acceptors (Lipinski definition) is 7.